The van der Waals surface area contributed by atoms with Crippen molar-refractivity contribution in [1.29, 1.82) is 0 Å². The van der Waals surface area contributed by atoms with Crippen molar-refractivity contribution in [2.75, 3.05) is 20.2 Å². The number of methoxy groups -OCH3 is 1. The zero-order valence-corrected chi connectivity index (χ0v) is 31.0. The van der Waals surface area contributed by atoms with Crippen LogP contribution in [-0.2, 0) is 30.3 Å². The third-order valence-corrected chi connectivity index (χ3v) is 12.0. The van der Waals surface area contributed by atoms with Gasteiger partial charge in [-0.2, -0.15) is 0 Å². The number of hydrogen-bond donors (Lipinski definition) is 1. The number of nitrogens with one attached hydrogen (secondary N) is 1. The maximum absolute atomic E-state index is 13.9. The molecule has 2 aliphatic heterocycles. The molecule has 12 nitrogen and oxygen atoms in total. The molecule has 2 aromatic heterocycles. The number of Topliss-reactive ketones (excluding diaryl/α,β-unsaturated/α-hetero) is 1. The normalized spacial score (nSPS) is 33.2. The number of ketones is 1. The lowest BCUT2D eigenvalue weighted by Crippen LogP contribution is -2.60. The van der Waals surface area contributed by atoms with Crippen LogP contribution in [0.2, 0.25) is 5.31 Å². The molecule has 0 bridgehead atoms. The number of cyclic esters (lactones) is 1. The van der Waals surface area contributed by atoms with Crippen molar-refractivity contribution in [3.8, 4) is 10.7 Å². The number of aryl methyl sites for hydroxylation is 1. The van der Waals surface area contributed by atoms with Crippen LogP contribution in [0.3, 0.4) is 0 Å². The molecule has 0 aliphatic carbocycles. The molecule has 2 aromatic rings. The summed E-state index contributed by atoms with van der Waals surface area (Å²) in [6.45, 7) is 15.5. The quantitative estimate of drug-likeness (QED) is 0.173. The van der Waals surface area contributed by atoms with Crippen LogP contribution in [0, 0.1) is 17.8 Å². The predicted octanol–water partition coefficient (Wildman–Crippen LogP) is 4.55. The van der Waals surface area contributed by atoms with Gasteiger partial charge in [0.1, 0.15) is 36.4 Å². The number of aromatic nitrogens is 4. The first-order valence-electron chi connectivity index (χ1n) is 17.6. The predicted molar refractivity (Wildman–Crippen MR) is 187 cm³/mol. The van der Waals surface area contributed by atoms with Crippen molar-refractivity contribution in [2.45, 2.75) is 129 Å². The van der Waals surface area contributed by atoms with Crippen LogP contribution in [0.25, 0.3) is 10.7 Å². The minimum absolute atomic E-state index is 0.150. The summed E-state index contributed by atoms with van der Waals surface area (Å²) >= 11 is 1.52. The van der Waals surface area contributed by atoms with E-state index in [1.165, 1.54) is 11.3 Å². The number of amides is 1. The van der Waals surface area contributed by atoms with Crippen LogP contribution < -0.4 is 5.32 Å². The number of thiazole rings is 1. The minimum Gasteiger partial charge on any atom is -0.458 e. The topological polar surface area (TPSA) is 138 Å². The average Bonchev–Trinajstić information content (AvgIpc) is 3.82. The zero-order valence-electron chi connectivity index (χ0n) is 30.2. The smallest absolute Gasteiger partial charge is 0.410 e. The first kappa shape index (κ1) is 38.0. The Balaban J connectivity index is 1.53. The lowest BCUT2D eigenvalue weighted by molar-refractivity contribution is -0.170. The largest absolute Gasteiger partial charge is 0.458 e. The molecule has 2 saturated heterocycles. The Hall–Kier alpha value is -2.84. The molecule has 0 aromatic carbocycles. The molecule has 266 valence electrons. The van der Waals surface area contributed by atoms with Crippen LogP contribution in [0.1, 0.15) is 87.0 Å². The number of carbonyl (C=O) groups excluding carboxylic acids is 3. The average molecular weight is 687 g/mol. The molecule has 9 atom stereocenters. The maximum Gasteiger partial charge on any atom is 0.410 e. The van der Waals surface area contributed by atoms with Gasteiger partial charge in [0.15, 0.2) is 5.60 Å². The first-order chi connectivity index (χ1) is 22.8. The summed E-state index contributed by atoms with van der Waals surface area (Å²) in [5.74, 6) is -1.75. The van der Waals surface area contributed by atoms with Crippen LogP contribution in [-0.4, -0.2) is 101 Å². The van der Waals surface area contributed by atoms with Crippen LogP contribution in [0.5, 0.6) is 0 Å². The summed E-state index contributed by atoms with van der Waals surface area (Å²) in [6, 6.07) is -0.548. The second kappa shape index (κ2) is 16.2. The lowest BCUT2D eigenvalue weighted by Gasteiger charge is -2.42. The number of rotatable bonds is 9. The summed E-state index contributed by atoms with van der Waals surface area (Å²) in [6.07, 6.45) is 6.86. The van der Waals surface area contributed by atoms with Crippen LogP contribution in [0.15, 0.2) is 17.8 Å². The standard InChI is InChI=1S/C34H55BN6O6S/c1-9-27-33(7)29(41(32(44)47-33)18-11-10-17-40-20-26(38-39-40)30-37-16-19-48-30)24(5)36-15-13-21(2)12-14-34(35,25(6)45-8)23(4)28(42)22(3)31(43)46-27/h16,19-25,27,29,36H,9-15,17-18,35H2,1-8H3/t21-,22+,23-,24-,25?,27+,29+,33+,34-/m0/s1. The highest BCUT2D eigenvalue weighted by Crippen LogP contribution is 2.45. The van der Waals surface area contributed by atoms with Gasteiger partial charge in [-0.3, -0.25) is 19.2 Å². The van der Waals surface area contributed by atoms with Gasteiger partial charge in [0, 0.05) is 43.7 Å². The third kappa shape index (κ3) is 8.13. The van der Waals surface area contributed by atoms with Crippen molar-refractivity contribution in [3.05, 3.63) is 17.8 Å². The number of esters is 1. The van der Waals surface area contributed by atoms with Crippen molar-refractivity contribution >= 4 is 37.0 Å². The number of ether oxygens (including phenoxy) is 3. The van der Waals surface area contributed by atoms with E-state index in [1.54, 1.807) is 29.8 Å². The second-order valence-corrected chi connectivity index (χ2v) is 15.2. The molecule has 2 fully saturated rings. The fourth-order valence-electron chi connectivity index (χ4n) is 7.47. The zero-order chi connectivity index (χ0) is 35.2. The molecule has 2 aliphatic rings. The summed E-state index contributed by atoms with van der Waals surface area (Å²) in [5.41, 5.74) is -0.383. The molecule has 0 radical (unpaired) electrons. The second-order valence-electron chi connectivity index (χ2n) is 14.3. The monoisotopic (exact) mass is 686 g/mol. The SMILES string of the molecule is B[C@@]1(C(C)OC)CC[C@H](C)CCN[C@@H](C)[C@H]2N(CCCCn3cc(-c4nccs4)nn3)C(=O)O[C@]2(C)[C@@H](CC)OC(=O)[C@H](C)C(=O)[C@@H]1C. The molecule has 4 rings (SSSR count). The molecule has 4 heterocycles. The Labute approximate surface area is 290 Å². The molecule has 1 amide bonds. The first-order valence-corrected chi connectivity index (χ1v) is 18.4. The van der Waals surface area contributed by atoms with Gasteiger partial charge in [-0.05, 0) is 71.2 Å². The van der Waals surface area contributed by atoms with Crippen molar-refractivity contribution in [2.24, 2.45) is 17.8 Å². The Morgan fingerprint density at radius 2 is 1.90 bits per heavy atom. The van der Waals surface area contributed by atoms with Gasteiger partial charge in [-0.1, -0.05) is 38.8 Å². The van der Waals surface area contributed by atoms with Gasteiger partial charge in [0.2, 0.25) is 0 Å². The van der Waals surface area contributed by atoms with E-state index in [2.05, 4.69) is 42.3 Å². The fourth-order valence-corrected chi connectivity index (χ4v) is 8.06. The molecule has 48 heavy (non-hydrogen) atoms. The van der Waals surface area contributed by atoms with E-state index >= 15 is 0 Å². The molecular weight excluding hydrogens is 631 g/mol. The van der Waals surface area contributed by atoms with Crippen molar-refractivity contribution in [3.63, 3.8) is 0 Å². The Kier molecular flexibility index (Phi) is 12.9. The van der Waals surface area contributed by atoms with E-state index in [-0.39, 0.29) is 17.9 Å². The molecular formula is C34H55BN6O6S. The Bertz CT molecular complexity index is 1380. The van der Waals surface area contributed by atoms with Gasteiger partial charge in [-0.25, -0.2) is 9.78 Å². The molecule has 0 spiro atoms. The van der Waals surface area contributed by atoms with Crippen LogP contribution in [0.4, 0.5) is 4.79 Å². The van der Waals surface area contributed by atoms with Crippen molar-refractivity contribution in [1.82, 2.24) is 30.2 Å². The van der Waals surface area contributed by atoms with Gasteiger partial charge < -0.3 is 19.5 Å². The number of unbranched alkanes of at least 4 members (excludes halogenated alkanes) is 1. The minimum atomic E-state index is -1.13. The fraction of sp³-hybridized carbons (Fsp3) is 0.765. The van der Waals surface area contributed by atoms with E-state index in [9.17, 15) is 14.4 Å². The van der Waals surface area contributed by atoms with Crippen LogP contribution >= 0.6 is 11.3 Å². The molecule has 14 heteroatoms. The molecule has 1 unspecified atom stereocenters. The third-order valence-electron chi connectivity index (χ3n) is 11.2. The number of carbonyl (C=O) groups is 3. The number of nitrogens with zero attached hydrogens (tertiary/aromatic N) is 5. The van der Waals surface area contributed by atoms with E-state index in [0.717, 1.165) is 49.4 Å². The summed E-state index contributed by atoms with van der Waals surface area (Å²) in [5, 5.41) is 14.5. The van der Waals surface area contributed by atoms with Gasteiger partial charge >= 0.3 is 12.1 Å². The summed E-state index contributed by atoms with van der Waals surface area (Å²) < 4.78 is 19.9. The van der Waals surface area contributed by atoms with Gasteiger partial charge in [0.25, 0.3) is 0 Å². The van der Waals surface area contributed by atoms with Gasteiger partial charge in [-0.15, -0.1) is 16.4 Å². The Morgan fingerprint density at radius 3 is 2.56 bits per heavy atom. The highest BCUT2D eigenvalue weighted by molar-refractivity contribution is 7.13. The molecule has 1 N–H and O–H groups in total. The van der Waals surface area contributed by atoms with E-state index in [1.807, 2.05) is 39.3 Å². The summed E-state index contributed by atoms with van der Waals surface area (Å²) in [4.78, 5) is 47.2. The summed E-state index contributed by atoms with van der Waals surface area (Å²) in [7, 11) is 3.77. The highest BCUT2D eigenvalue weighted by Gasteiger charge is 2.58. The van der Waals surface area contributed by atoms with E-state index in [4.69, 9.17) is 14.2 Å². The Morgan fingerprint density at radius 1 is 1.17 bits per heavy atom. The number of hydrogen-bond acceptors (Lipinski definition) is 11. The van der Waals surface area contributed by atoms with E-state index in [0.29, 0.717) is 25.4 Å². The van der Waals surface area contributed by atoms with Crippen molar-refractivity contribution < 1.29 is 28.6 Å². The maximum atomic E-state index is 13.9. The molecule has 0 saturated carbocycles. The van der Waals surface area contributed by atoms with Gasteiger partial charge in [0.05, 0.1) is 18.3 Å². The highest BCUT2D eigenvalue weighted by atomic mass is 32.1. The number of fused-ring (bicyclic) bond motifs is 1. The lowest BCUT2D eigenvalue weighted by atomic mass is 9.53. The van der Waals surface area contributed by atoms with E-state index < -0.39 is 47.0 Å².